The highest BCUT2D eigenvalue weighted by atomic mass is 19.4. The number of hydrogen-bond acceptors (Lipinski definition) is 7. The van der Waals surface area contributed by atoms with E-state index in [1.807, 2.05) is 0 Å². The molecule has 5 N–H and O–H groups in total. The summed E-state index contributed by atoms with van der Waals surface area (Å²) in [5.41, 5.74) is 10.2. The van der Waals surface area contributed by atoms with E-state index in [-0.39, 0.29) is 47.2 Å². The molecule has 3 rings (SSSR count). The Kier molecular flexibility index (Phi) is 6.58. The van der Waals surface area contributed by atoms with Crippen molar-refractivity contribution in [1.82, 2.24) is 9.97 Å². The molecule has 0 radical (unpaired) electrons. The lowest BCUT2D eigenvalue weighted by Crippen LogP contribution is -2.27. The van der Waals surface area contributed by atoms with E-state index in [1.165, 1.54) is 6.07 Å². The summed E-state index contributed by atoms with van der Waals surface area (Å²) in [5.74, 6) is -1.60. The van der Waals surface area contributed by atoms with Gasteiger partial charge in [0.1, 0.15) is 11.5 Å². The first-order valence-electron chi connectivity index (χ1n) is 9.70. The Morgan fingerprint density at radius 2 is 1.87 bits per heavy atom. The number of alkyl halides is 3. The van der Waals surface area contributed by atoms with Crippen LogP contribution in [-0.2, 0) is 19.1 Å². The number of aromatic nitrogens is 2. The molecule has 0 atom stereocenters. The predicted octanol–water partition coefficient (Wildman–Crippen LogP) is 3.80. The van der Waals surface area contributed by atoms with Crippen LogP contribution in [-0.4, -0.2) is 20.9 Å². The normalized spacial score (nSPS) is 19.3. The Bertz CT molecular complexity index is 961. The van der Waals surface area contributed by atoms with Gasteiger partial charge in [0.2, 0.25) is 11.8 Å². The molecule has 31 heavy (non-hydrogen) atoms. The standard InChI is InChI=1S/C19H22F4N6O2/c20-14-6-3-11(7-13(14)19(21,22)23)9-26-18-27-15(16(29(30)31)17(25)28-18)8-10-1-4-12(24)5-2-10/h3,6-7,10,12H,1-2,4-5,8-9,24H2,(H3,25,26,27,28)/t10-,12-. The molecular weight excluding hydrogens is 420 g/mol. The summed E-state index contributed by atoms with van der Waals surface area (Å²) in [6.45, 7) is -0.154. The number of rotatable bonds is 6. The molecule has 1 fully saturated rings. The van der Waals surface area contributed by atoms with Crippen LogP contribution in [0.25, 0.3) is 0 Å². The van der Waals surface area contributed by atoms with Crippen LogP contribution in [0.2, 0.25) is 0 Å². The number of nitrogens with two attached hydrogens (primary N) is 2. The number of hydrogen-bond donors (Lipinski definition) is 3. The van der Waals surface area contributed by atoms with Gasteiger partial charge in [-0.25, -0.2) is 9.37 Å². The second kappa shape index (κ2) is 9.00. The zero-order chi connectivity index (χ0) is 22.8. The number of anilines is 2. The molecule has 1 aromatic heterocycles. The third-order valence-corrected chi connectivity index (χ3v) is 5.33. The molecule has 1 heterocycles. The molecule has 0 aliphatic heterocycles. The lowest BCUT2D eigenvalue weighted by Gasteiger charge is -2.25. The first kappa shape index (κ1) is 22.7. The van der Waals surface area contributed by atoms with E-state index in [9.17, 15) is 27.7 Å². The molecule has 8 nitrogen and oxygen atoms in total. The zero-order valence-corrected chi connectivity index (χ0v) is 16.5. The molecule has 1 aromatic carbocycles. The third kappa shape index (κ3) is 5.57. The largest absolute Gasteiger partial charge is 0.419 e. The van der Waals surface area contributed by atoms with Gasteiger partial charge in [-0.1, -0.05) is 6.07 Å². The number of benzene rings is 1. The van der Waals surface area contributed by atoms with Crippen molar-refractivity contribution in [3.05, 3.63) is 51.0 Å². The lowest BCUT2D eigenvalue weighted by molar-refractivity contribution is -0.385. The molecular formula is C19H22F4N6O2. The molecule has 2 aromatic rings. The fourth-order valence-electron chi connectivity index (χ4n) is 3.69. The van der Waals surface area contributed by atoms with Crippen LogP contribution < -0.4 is 16.8 Å². The monoisotopic (exact) mass is 442 g/mol. The molecule has 0 bridgehead atoms. The summed E-state index contributed by atoms with van der Waals surface area (Å²) >= 11 is 0. The molecule has 1 saturated carbocycles. The summed E-state index contributed by atoms with van der Waals surface area (Å²) in [4.78, 5) is 18.9. The van der Waals surface area contributed by atoms with Crippen LogP contribution in [0.15, 0.2) is 18.2 Å². The van der Waals surface area contributed by atoms with Gasteiger partial charge in [0.25, 0.3) is 0 Å². The van der Waals surface area contributed by atoms with Crippen molar-refractivity contribution < 1.29 is 22.5 Å². The average molecular weight is 442 g/mol. The van der Waals surface area contributed by atoms with E-state index in [4.69, 9.17) is 11.5 Å². The summed E-state index contributed by atoms with van der Waals surface area (Å²) in [5, 5.41) is 14.2. The van der Waals surface area contributed by atoms with Gasteiger partial charge in [-0.05, 0) is 55.7 Å². The van der Waals surface area contributed by atoms with Crippen LogP contribution >= 0.6 is 0 Å². The van der Waals surface area contributed by atoms with Crippen LogP contribution in [0.4, 0.5) is 35.0 Å². The number of nitro groups is 1. The maximum Gasteiger partial charge on any atom is 0.419 e. The summed E-state index contributed by atoms with van der Waals surface area (Å²) in [7, 11) is 0. The van der Waals surface area contributed by atoms with Gasteiger partial charge >= 0.3 is 11.9 Å². The van der Waals surface area contributed by atoms with Crippen molar-refractivity contribution in [2.24, 2.45) is 11.7 Å². The first-order chi connectivity index (χ1) is 14.5. The Hall–Kier alpha value is -3.02. The molecule has 1 aliphatic carbocycles. The minimum Gasteiger partial charge on any atom is -0.378 e. The van der Waals surface area contributed by atoms with Gasteiger partial charge in [-0.15, -0.1) is 0 Å². The van der Waals surface area contributed by atoms with Crippen molar-refractivity contribution in [3.8, 4) is 0 Å². The summed E-state index contributed by atoms with van der Waals surface area (Å²) < 4.78 is 52.1. The summed E-state index contributed by atoms with van der Waals surface area (Å²) in [6, 6.07) is 2.72. The van der Waals surface area contributed by atoms with Gasteiger partial charge < -0.3 is 16.8 Å². The Morgan fingerprint density at radius 1 is 1.19 bits per heavy atom. The quantitative estimate of drug-likeness (QED) is 0.352. The van der Waals surface area contributed by atoms with E-state index in [2.05, 4.69) is 15.3 Å². The van der Waals surface area contributed by atoms with Gasteiger partial charge in [0, 0.05) is 12.6 Å². The van der Waals surface area contributed by atoms with Crippen molar-refractivity contribution in [3.63, 3.8) is 0 Å². The highest BCUT2D eigenvalue weighted by molar-refractivity contribution is 5.58. The third-order valence-electron chi connectivity index (χ3n) is 5.33. The Morgan fingerprint density at radius 3 is 2.48 bits per heavy atom. The zero-order valence-electron chi connectivity index (χ0n) is 16.5. The van der Waals surface area contributed by atoms with E-state index in [0.717, 1.165) is 31.7 Å². The Balaban J connectivity index is 1.80. The van der Waals surface area contributed by atoms with Crippen molar-refractivity contribution in [1.29, 1.82) is 0 Å². The molecule has 1 aliphatic rings. The molecule has 12 heteroatoms. The van der Waals surface area contributed by atoms with Gasteiger partial charge in [-0.3, -0.25) is 10.1 Å². The fourth-order valence-corrected chi connectivity index (χ4v) is 3.69. The predicted molar refractivity (Wildman–Crippen MR) is 105 cm³/mol. The number of nitrogen functional groups attached to an aromatic ring is 1. The molecule has 0 amide bonds. The molecule has 168 valence electrons. The van der Waals surface area contributed by atoms with E-state index < -0.39 is 22.5 Å². The van der Waals surface area contributed by atoms with Gasteiger partial charge in [0.05, 0.1) is 10.5 Å². The smallest absolute Gasteiger partial charge is 0.378 e. The van der Waals surface area contributed by atoms with Crippen LogP contribution in [0, 0.1) is 21.8 Å². The summed E-state index contributed by atoms with van der Waals surface area (Å²) in [6.07, 6.45) is -1.27. The molecule has 0 saturated heterocycles. The second-order valence-electron chi connectivity index (χ2n) is 7.64. The second-order valence-corrected chi connectivity index (χ2v) is 7.64. The van der Waals surface area contributed by atoms with E-state index in [0.29, 0.717) is 12.5 Å². The minimum atomic E-state index is -4.83. The first-order valence-corrected chi connectivity index (χ1v) is 9.70. The highest BCUT2D eigenvalue weighted by Crippen LogP contribution is 2.33. The number of halogens is 4. The van der Waals surface area contributed by atoms with Crippen LogP contribution in [0.3, 0.4) is 0 Å². The maximum atomic E-state index is 13.4. The van der Waals surface area contributed by atoms with E-state index >= 15 is 0 Å². The Labute approximate surface area is 175 Å². The fraction of sp³-hybridized carbons (Fsp3) is 0.474. The molecule has 0 spiro atoms. The number of nitrogens with zero attached hydrogens (tertiary/aromatic N) is 3. The van der Waals surface area contributed by atoms with Crippen LogP contribution in [0.1, 0.15) is 42.5 Å². The van der Waals surface area contributed by atoms with Crippen LogP contribution in [0.5, 0.6) is 0 Å². The maximum absolute atomic E-state index is 13.4. The molecule has 0 unspecified atom stereocenters. The minimum absolute atomic E-state index is 0.0523. The average Bonchev–Trinajstić information content (AvgIpc) is 2.67. The lowest BCUT2D eigenvalue weighted by atomic mass is 9.83. The highest BCUT2D eigenvalue weighted by Gasteiger charge is 2.34. The topological polar surface area (TPSA) is 133 Å². The van der Waals surface area contributed by atoms with E-state index in [1.54, 1.807) is 0 Å². The van der Waals surface area contributed by atoms with Crippen molar-refractivity contribution in [2.75, 3.05) is 11.1 Å². The van der Waals surface area contributed by atoms with Crippen molar-refractivity contribution in [2.45, 2.75) is 50.9 Å². The van der Waals surface area contributed by atoms with Gasteiger partial charge in [0.15, 0.2) is 0 Å². The number of nitrogens with one attached hydrogen (secondary N) is 1. The SMILES string of the molecule is Nc1nc(NCc2ccc(F)c(C(F)(F)F)c2)nc(C[C@H]2CC[C@H](N)CC2)c1[N+](=O)[O-]. The van der Waals surface area contributed by atoms with Gasteiger partial charge in [-0.2, -0.15) is 18.2 Å². The van der Waals surface area contributed by atoms with Crippen molar-refractivity contribution >= 4 is 17.5 Å².